The normalized spacial score (nSPS) is 10.5. The lowest BCUT2D eigenvalue weighted by Gasteiger charge is -1.99. The highest BCUT2D eigenvalue weighted by Crippen LogP contribution is 2.32. The summed E-state index contributed by atoms with van der Waals surface area (Å²) >= 11 is 10.3. The zero-order valence-electron chi connectivity index (χ0n) is 9.59. The summed E-state index contributed by atoms with van der Waals surface area (Å²) in [6.45, 7) is 1.93. The lowest BCUT2D eigenvalue weighted by molar-refractivity contribution is 0.0475. The molecule has 0 N–H and O–H groups in total. The van der Waals surface area contributed by atoms with Crippen LogP contribution in [0.3, 0.4) is 0 Å². The van der Waals surface area contributed by atoms with Gasteiger partial charge < -0.3 is 9.15 Å². The van der Waals surface area contributed by atoms with E-state index in [4.69, 9.17) is 20.8 Å². The first-order chi connectivity index (χ1) is 9.10. The van der Waals surface area contributed by atoms with Crippen molar-refractivity contribution in [1.29, 1.82) is 0 Å². The zero-order chi connectivity index (χ0) is 13.8. The molecule has 0 spiro atoms. The molecule has 100 valence electrons. The Hall–Kier alpha value is -1.12. The second kappa shape index (κ2) is 6.36. The maximum Gasteiger partial charge on any atom is 0.396 e. The van der Waals surface area contributed by atoms with Crippen LogP contribution in [0.1, 0.15) is 17.6 Å². The number of hydrogen-bond acceptors (Lipinski definition) is 7. The quantitative estimate of drug-likeness (QED) is 0.771. The maximum absolute atomic E-state index is 11.3. The number of carbonyl (C=O) groups excluding carboxylic acids is 1. The van der Waals surface area contributed by atoms with Crippen LogP contribution in [0.25, 0.3) is 0 Å². The summed E-state index contributed by atoms with van der Waals surface area (Å²) in [4.78, 5) is 15.5. The van der Waals surface area contributed by atoms with Crippen molar-refractivity contribution in [1.82, 2.24) is 15.2 Å². The van der Waals surface area contributed by atoms with Gasteiger partial charge >= 0.3 is 11.9 Å². The Morgan fingerprint density at radius 1 is 1.58 bits per heavy atom. The van der Waals surface area contributed by atoms with Crippen LogP contribution >= 0.6 is 39.3 Å². The largest absolute Gasteiger partial charge is 0.459 e. The van der Waals surface area contributed by atoms with Gasteiger partial charge in [-0.2, -0.15) is 0 Å². The fourth-order valence-corrected chi connectivity index (χ4v) is 2.46. The highest BCUT2D eigenvalue weighted by molar-refractivity contribution is 9.10. The minimum Gasteiger partial charge on any atom is -0.459 e. The molecule has 0 aliphatic carbocycles. The van der Waals surface area contributed by atoms with Gasteiger partial charge in [0, 0.05) is 10.7 Å². The van der Waals surface area contributed by atoms with Gasteiger partial charge in [-0.05, 0) is 40.7 Å². The van der Waals surface area contributed by atoms with Gasteiger partial charge in [0.25, 0.3) is 5.22 Å². The summed E-state index contributed by atoms with van der Waals surface area (Å²) < 4.78 is 10.6. The number of nitrogens with zero attached hydrogens (tertiary/aromatic N) is 3. The van der Waals surface area contributed by atoms with E-state index in [1.54, 1.807) is 19.2 Å². The molecule has 0 unspecified atom stereocenters. The molecule has 0 aliphatic rings. The maximum atomic E-state index is 11.3. The summed E-state index contributed by atoms with van der Waals surface area (Å²) in [7, 11) is 0. The highest BCUT2D eigenvalue weighted by Gasteiger charge is 2.17. The predicted molar refractivity (Wildman–Crippen MR) is 71.3 cm³/mol. The molecule has 9 heteroatoms. The molecule has 0 aliphatic heterocycles. The molecule has 2 rings (SSSR count). The second-order valence-electron chi connectivity index (χ2n) is 3.14. The van der Waals surface area contributed by atoms with Gasteiger partial charge in [-0.3, -0.25) is 0 Å². The smallest absolute Gasteiger partial charge is 0.396 e. The molecule has 0 bridgehead atoms. The van der Waals surface area contributed by atoms with Crippen molar-refractivity contribution in [3.8, 4) is 0 Å². The molecule has 0 aromatic carbocycles. The Bertz CT molecular complexity index is 607. The minimum absolute atomic E-state index is 0.166. The van der Waals surface area contributed by atoms with Crippen LogP contribution in [0.15, 0.2) is 31.4 Å². The third kappa shape index (κ3) is 3.68. The third-order valence-corrected chi connectivity index (χ3v) is 3.51. The van der Waals surface area contributed by atoms with Gasteiger partial charge in [-0.25, -0.2) is 9.78 Å². The average Bonchev–Trinajstić information content (AvgIpc) is 2.82. The van der Waals surface area contributed by atoms with Crippen molar-refractivity contribution < 1.29 is 13.9 Å². The topological polar surface area (TPSA) is 78.1 Å². The monoisotopic (exact) mass is 363 g/mol. The predicted octanol–water partition coefficient (Wildman–Crippen LogP) is 3.21. The Morgan fingerprint density at radius 3 is 3.05 bits per heavy atom. The Labute approximate surface area is 126 Å². The second-order valence-corrected chi connectivity index (χ2v) is 5.40. The molecule has 2 aromatic heterocycles. The number of pyridine rings is 1. The van der Waals surface area contributed by atoms with E-state index in [0.717, 1.165) is 16.2 Å². The number of ether oxygens (including phenoxy) is 1. The van der Waals surface area contributed by atoms with E-state index in [1.807, 2.05) is 0 Å². The number of carbonyl (C=O) groups is 1. The molecular weight excluding hydrogens is 358 g/mol. The Morgan fingerprint density at radius 2 is 2.37 bits per heavy atom. The van der Waals surface area contributed by atoms with E-state index in [-0.39, 0.29) is 17.7 Å². The SMILES string of the molecule is CCOC(=O)c1nnc(Sc2ncc(Br)cc2Cl)o1. The lowest BCUT2D eigenvalue weighted by Crippen LogP contribution is -2.04. The van der Waals surface area contributed by atoms with Gasteiger partial charge in [-0.15, -0.1) is 5.10 Å². The van der Waals surface area contributed by atoms with Gasteiger partial charge in [0.05, 0.1) is 11.6 Å². The van der Waals surface area contributed by atoms with Crippen LogP contribution in [0.4, 0.5) is 0 Å². The van der Waals surface area contributed by atoms with Crippen molar-refractivity contribution >= 4 is 45.3 Å². The molecule has 0 atom stereocenters. The van der Waals surface area contributed by atoms with E-state index in [9.17, 15) is 4.79 Å². The van der Waals surface area contributed by atoms with Gasteiger partial charge in [0.2, 0.25) is 0 Å². The van der Waals surface area contributed by atoms with Crippen molar-refractivity contribution in [3.63, 3.8) is 0 Å². The van der Waals surface area contributed by atoms with Crippen molar-refractivity contribution in [2.24, 2.45) is 0 Å². The van der Waals surface area contributed by atoms with E-state index < -0.39 is 5.97 Å². The number of esters is 1. The van der Waals surface area contributed by atoms with Crippen LogP contribution in [-0.2, 0) is 4.74 Å². The first kappa shape index (κ1) is 14.3. The molecule has 6 nitrogen and oxygen atoms in total. The third-order valence-electron chi connectivity index (χ3n) is 1.81. The molecule has 2 aromatic rings. The van der Waals surface area contributed by atoms with Gasteiger partial charge in [-0.1, -0.05) is 16.7 Å². The van der Waals surface area contributed by atoms with E-state index >= 15 is 0 Å². The summed E-state index contributed by atoms with van der Waals surface area (Å²) in [6.07, 6.45) is 1.59. The van der Waals surface area contributed by atoms with Crippen molar-refractivity contribution in [3.05, 3.63) is 27.6 Å². The number of rotatable bonds is 4. The summed E-state index contributed by atoms with van der Waals surface area (Å²) in [5.74, 6) is -0.853. The van der Waals surface area contributed by atoms with Crippen molar-refractivity contribution in [2.45, 2.75) is 17.2 Å². The molecule has 19 heavy (non-hydrogen) atoms. The van der Waals surface area contributed by atoms with Crippen LogP contribution in [0.5, 0.6) is 0 Å². The van der Waals surface area contributed by atoms with Gasteiger partial charge in [0.1, 0.15) is 5.03 Å². The fraction of sp³-hybridized carbons (Fsp3) is 0.200. The molecule has 2 heterocycles. The summed E-state index contributed by atoms with van der Waals surface area (Å²) in [5.41, 5.74) is 0. The summed E-state index contributed by atoms with van der Waals surface area (Å²) in [6, 6.07) is 1.69. The number of halogens is 2. The standard InChI is InChI=1S/C10H7BrClN3O3S/c1-2-17-9(16)7-14-15-10(18-7)19-8-6(12)3-5(11)4-13-8/h3-4H,2H2,1H3. The van der Waals surface area contributed by atoms with Crippen LogP contribution in [0, 0.1) is 0 Å². The Kier molecular flexibility index (Phi) is 4.78. The molecule has 0 saturated carbocycles. The number of hydrogen-bond donors (Lipinski definition) is 0. The van der Waals surface area contributed by atoms with Crippen LogP contribution in [-0.4, -0.2) is 27.8 Å². The first-order valence-corrected chi connectivity index (χ1v) is 7.08. The van der Waals surface area contributed by atoms with Crippen molar-refractivity contribution in [2.75, 3.05) is 6.61 Å². The average molecular weight is 365 g/mol. The molecule has 0 saturated heterocycles. The van der Waals surface area contributed by atoms with Crippen LogP contribution in [0.2, 0.25) is 5.02 Å². The summed E-state index contributed by atoms with van der Waals surface area (Å²) in [5, 5.41) is 8.41. The molecule has 0 radical (unpaired) electrons. The van der Waals surface area contributed by atoms with E-state index in [2.05, 4.69) is 31.1 Å². The first-order valence-electron chi connectivity index (χ1n) is 5.09. The molecular formula is C10H7BrClN3O3S. The van der Waals surface area contributed by atoms with Crippen LogP contribution < -0.4 is 0 Å². The van der Waals surface area contributed by atoms with E-state index in [1.165, 1.54) is 0 Å². The lowest BCUT2D eigenvalue weighted by atomic mass is 10.5. The van der Waals surface area contributed by atoms with E-state index in [0.29, 0.717) is 10.0 Å². The Balaban J connectivity index is 2.13. The fourth-order valence-electron chi connectivity index (χ4n) is 1.09. The van der Waals surface area contributed by atoms with Gasteiger partial charge in [0.15, 0.2) is 0 Å². The highest BCUT2D eigenvalue weighted by atomic mass is 79.9. The molecule has 0 amide bonds. The zero-order valence-corrected chi connectivity index (χ0v) is 12.8. The minimum atomic E-state index is -0.656. The molecule has 0 fully saturated rings. The number of aromatic nitrogens is 3.